The highest BCUT2D eigenvalue weighted by atomic mass is 16.5. The third-order valence-electron chi connectivity index (χ3n) is 4.26. The van der Waals surface area contributed by atoms with Gasteiger partial charge in [0.15, 0.2) is 0 Å². The van der Waals surface area contributed by atoms with Crippen LogP contribution in [0.2, 0.25) is 0 Å². The van der Waals surface area contributed by atoms with E-state index in [9.17, 15) is 4.79 Å². The molecular formula is C21H26N2O3. The molecular weight excluding hydrogens is 328 g/mol. The number of carbonyl (C=O) groups excluding carboxylic acids is 1. The molecule has 138 valence electrons. The van der Waals surface area contributed by atoms with E-state index in [0.717, 1.165) is 17.0 Å². The lowest BCUT2D eigenvalue weighted by atomic mass is 10.1. The highest BCUT2D eigenvalue weighted by Crippen LogP contribution is 2.27. The molecule has 5 heteroatoms. The van der Waals surface area contributed by atoms with Crippen molar-refractivity contribution >= 4 is 17.3 Å². The fourth-order valence-electron chi connectivity index (χ4n) is 2.69. The second kappa shape index (κ2) is 9.04. The van der Waals surface area contributed by atoms with E-state index >= 15 is 0 Å². The largest absolute Gasteiger partial charge is 0.497 e. The fourth-order valence-corrected chi connectivity index (χ4v) is 2.69. The van der Waals surface area contributed by atoms with E-state index < -0.39 is 0 Å². The summed E-state index contributed by atoms with van der Waals surface area (Å²) >= 11 is 0. The van der Waals surface area contributed by atoms with Crippen LogP contribution in [-0.2, 0) is 0 Å². The molecule has 2 aromatic rings. The van der Waals surface area contributed by atoms with Crippen molar-refractivity contribution in [2.24, 2.45) is 4.99 Å². The van der Waals surface area contributed by atoms with Gasteiger partial charge >= 0.3 is 0 Å². The smallest absolute Gasteiger partial charge is 0.256 e. The molecule has 0 aromatic heterocycles. The Morgan fingerprint density at radius 2 is 1.65 bits per heavy atom. The van der Waals surface area contributed by atoms with Gasteiger partial charge in [0.1, 0.15) is 11.5 Å². The summed E-state index contributed by atoms with van der Waals surface area (Å²) in [5.41, 5.74) is 2.92. The van der Waals surface area contributed by atoms with Crippen molar-refractivity contribution in [3.8, 4) is 11.5 Å². The quantitative estimate of drug-likeness (QED) is 0.696. The van der Waals surface area contributed by atoms with Crippen molar-refractivity contribution in [2.45, 2.75) is 20.8 Å². The Morgan fingerprint density at radius 3 is 2.27 bits per heavy atom. The van der Waals surface area contributed by atoms with Gasteiger partial charge in [-0.1, -0.05) is 12.1 Å². The van der Waals surface area contributed by atoms with E-state index in [-0.39, 0.29) is 5.91 Å². The van der Waals surface area contributed by atoms with E-state index in [1.54, 1.807) is 25.2 Å². The number of hydrogen-bond acceptors (Lipinski definition) is 4. The molecule has 0 unspecified atom stereocenters. The Labute approximate surface area is 155 Å². The van der Waals surface area contributed by atoms with Gasteiger partial charge < -0.3 is 14.4 Å². The van der Waals surface area contributed by atoms with Crippen LogP contribution in [0.25, 0.3) is 0 Å². The molecule has 0 aliphatic heterocycles. The number of aliphatic imine (C=N–C) groups is 1. The van der Waals surface area contributed by atoms with E-state index in [2.05, 4.69) is 0 Å². The summed E-state index contributed by atoms with van der Waals surface area (Å²) in [5, 5.41) is 0. The molecule has 26 heavy (non-hydrogen) atoms. The van der Waals surface area contributed by atoms with Crippen LogP contribution in [0.4, 0.5) is 5.69 Å². The highest BCUT2D eigenvalue weighted by molar-refractivity contribution is 6.04. The second-order valence-corrected chi connectivity index (χ2v) is 5.79. The molecule has 5 nitrogen and oxygen atoms in total. The van der Waals surface area contributed by atoms with E-state index in [1.807, 2.05) is 57.2 Å². The van der Waals surface area contributed by atoms with Crippen molar-refractivity contribution in [3.63, 3.8) is 0 Å². The summed E-state index contributed by atoms with van der Waals surface area (Å²) in [6.07, 6.45) is 0. The summed E-state index contributed by atoms with van der Waals surface area (Å²) in [5.74, 6) is 1.36. The number of ether oxygens (including phenoxy) is 2. The van der Waals surface area contributed by atoms with Gasteiger partial charge in [0.25, 0.3) is 5.91 Å². The fraction of sp³-hybridized carbons (Fsp3) is 0.333. The maximum absolute atomic E-state index is 12.9. The van der Waals surface area contributed by atoms with Crippen LogP contribution in [0.1, 0.15) is 36.7 Å². The van der Waals surface area contributed by atoms with Crippen molar-refractivity contribution in [1.29, 1.82) is 0 Å². The summed E-state index contributed by atoms with van der Waals surface area (Å²) in [6, 6.07) is 13.1. The van der Waals surface area contributed by atoms with Gasteiger partial charge in [-0.3, -0.25) is 9.79 Å². The first-order valence-corrected chi connectivity index (χ1v) is 8.71. The topological polar surface area (TPSA) is 51.1 Å². The zero-order valence-corrected chi connectivity index (χ0v) is 16.1. The van der Waals surface area contributed by atoms with Crippen molar-refractivity contribution in [3.05, 3.63) is 53.6 Å². The van der Waals surface area contributed by atoms with Crippen LogP contribution in [0.15, 0.2) is 47.5 Å². The van der Waals surface area contributed by atoms with Crippen molar-refractivity contribution in [2.75, 3.05) is 27.3 Å². The van der Waals surface area contributed by atoms with Gasteiger partial charge in [-0.15, -0.1) is 0 Å². The van der Waals surface area contributed by atoms with Gasteiger partial charge in [-0.05, 0) is 56.7 Å². The van der Waals surface area contributed by atoms with E-state index in [1.165, 1.54) is 0 Å². The standard InChI is InChI=1S/C21H26N2O3/c1-6-23(7-2)21(24)19-14-18(26-5)11-12-20(19)22-15(3)16-9-8-10-17(13-16)25-4/h8-14H,6-7H2,1-5H3. The lowest BCUT2D eigenvalue weighted by Crippen LogP contribution is -2.30. The Morgan fingerprint density at radius 1 is 1.00 bits per heavy atom. The van der Waals surface area contributed by atoms with Gasteiger partial charge in [0.05, 0.1) is 25.5 Å². The molecule has 0 N–H and O–H groups in total. The lowest BCUT2D eigenvalue weighted by molar-refractivity contribution is 0.0773. The molecule has 0 saturated heterocycles. The number of hydrogen-bond donors (Lipinski definition) is 0. The van der Waals surface area contributed by atoms with Gasteiger partial charge in [0.2, 0.25) is 0 Å². The summed E-state index contributed by atoms with van der Waals surface area (Å²) in [6.45, 7) is 7.14. The predicted octanol–water partition coefficient (Wildman–Crippen LogP) is 4.33. The zero-order valence-electron chi connectivity index (χ0n) is 16.1. The predicted molar refractivity (Wildman–Crippen MR) is 105 cm³/mol. The van der Waals surface area contributed by atoms with Gasteiger partial charge in [0, 0.05) is 18.8 Å². The number of rotatable bonds is 7. The highest BCUT2D eigenvalue weighted by Gasteiger charge is 2.18. The SMILES string of the molecule is CCN(CC)C(=O)c1cc(OC)ccc1N=C(C)c1cccc(OC)c1. The first-order chi connectivity index (χ1) is 12.5. The lowest BCUT2D eigenvalue weighted by Gasteiger charge is -2.20. The average molecular weight is 354 g/mol. The number of benzene rings is 2. The minimum absolute atomic E-state index is 0.0499. The summed E-state index contributed by atoms with van der Waals surface area (Å²) < 4.78 is 10.6. The first kappa shape index (κ1) is 19.5. The number of amides is 1. The number of nitrogens with zero attached hydrogens (tertiary/aromatic N) is 2. The van der Waals surface area contributed by atoms with Gasteiger partial charge in [-0.2, -0.15) is 0 Å². The van der Waals surface area contributed by atoms with Crippen LogP contribution >= 0.6 is 0 Å². The van der Waals surface area contributed by atoms with Crippen molar-refractivity contribution in [1.82, 2.24) is 4.90 Å². The minimum atomic E-state index is -0.0499. The zero-order chi connectivity index (χ0) is 19.1. The third-order valence-corrected chi connectivity index (χ3v) is 4.26. The Bertz CT molecular complexity index is 796. The van der Waals surface area contributed by atoms with Crippen LogP contribution in [0.3, 0.4) is 0 Å². The minimum Gasteiger partial charge on any atom is -0.497 e. The molecule has 0 aliphatic rings. The number of methoxy groups -OCH3 is 2. The molecule has 1 amide bonds. The molecule has 0 spiro atoms. The maximum atomic E-state index is 12.9. The van der Waals surface area contributed by atoms with E-state index in [0.29, 0.717) is 30.1 Å². The number of carbonyl (C=O) groups is 1. The van der Waals surface area contributed by atoms with Crippen LogP contribution in [0.5, 0.6) is 11.5 Å². The summed E-state index contributed by atoms with van der Waals surface area (Å²) in [7, 11) is 3.22. The average Bonchev–Trinajstić information content (AvgIpc) is 2.69. The molecule has 2 rings (SSSR count). The molecule has 0 aliphatic carbocycles. The molecule has 0 fully saturated rings. The first-order valence-electron chi connectivity index (χ1n) is 8.71. The van der Waals surface area contributed by atoms with Gasteiger partial charge in [-0.25, -0.2) is 0 Å². The second-order valence-electron chi connectivity index (χ2n) is 5.79. The van der Waals surface area contributed by atoms with Crippen LogP contribution < -0.4 is 9.47 Å². The molecule has 0 saturated carbocycles. The molecule has 0 heterocycles. The summed E-state index contributed by atoms with van der Waals surface area (Å²) in [4.78, 5) is 19.4. The monoisotopic (exact) mass is 354 g/mol. The Hall–Kier alpha value is -2.82. The molecule has 0 atom stereocenters. The van der Waals surface area contributed by atoms with Crippen molar-refractivity contribution < 1.29 is 14.3 Å². The Kier molecular flexibility index (Phi) is 6.78. The molecule has 0 radical (unpaired) electrons. The Balaban J connectivity index is 2.49. The third kappa shape index (κ3) is 4.42. The maximum Gasteiger partial charge on any atom is 0.256 e. The molecule has 2 aromatic carbocycles. The van der Waals surface area contributed by atoms with Crippen LogP contribution in [-0.4, -0.2) is 43.8 Å². The van der Waals surface area contributed by atoms with Crippen LogP contribution in [0, 0.1) is 0 Å². The normalized spacial score (nSPS) is 11.2. The molecule has 0 bridgehead atoms. The van der Waals surface area contributed by atoms with E-state index in [4.69, 9.17) is 14.5 Å².